The van der Waals surface area contributed by atoms with Gasteiger partial charge in [0.05, 0.1) is 5.92 Å². The Morgan fingerprint density at radius 2 is 1.53 bits per heavy atom. The highest BCUT2D eigenvalue weighted by atomic mass is 16.2. The van der Waals surface area contributed by atoms with Crippen LogP contribution in [0.4, 0.5) is 10.5 Å². The molecule has 0 saturated carbocycles. The summed E-state index contributed by atoms with van der Waals surface area (Å²) in [7, 11) is 0. The van der Waals surface area contributed by atoms with Crippen LogP contribution >= 0.6 is 0 Å². The molecule has 0 unspecified atom stereocenters. The molecule has 0 aliphatic carbocycles. The molecule has 43 heavy (non-hydrogen) atoms. The van der Waals surface area contributed by atoms with Crippen molar-refractivity contribution in [2.75, 3.05) is 44.6 Å². The van der Waals surface area contributed by atoms with E-state index in [1.807, 2.05) is 39.0 Å². The quantitative estimate of drug-likeness (QED) is 0.493. The van der Waals surface area contributed by atoms with Gasteiger partial charge in [-0.05, 0) is 82.2 Å². The van der Waals surface area contributed by atoms with Gasteiger partial charge in [0.25, 0.3) is 0 Å². The summed E-state index contributed by atoms with van der Waals surface area (Å²) < 4.78 is 0. The van der Waals surface area contributed by atoms with E-state index in [0.29, 0.717) is 32.1 Å². The summed E-state index contributed by atoms with van der Waals surface area (Å²) in [5.41, 5.74) is 4.29. The van der Waals surface area contributed by atoms with Gasteiger partial charge in [0.15, 0.2) is 0 Å². The number of rotatable bonds is 7. The Morgan fingerprint density at radius 1 is 0.837 bits per heavy atom. The summed E-state index contributed by atoms with van der Waals surface area (Å²) in [6, 6.07) is 16.9. The van der Waals surface area contributed by atoms with Gasteiger partial charge in [-0.2, -0.15) is 0 Å². The number of hydrogen-bond donors (Lipinski definition) is 1. The number of amides is 4. The van der Waals surface area contributed by atoms with Crippen molar-refractivity contribution < 1.29 is 14.4 Å². The first kappa shape index (κ1) is 29.7. The summed E-state index contributed by atoms with van der Waals surface area (Å²) in [6.07, 6.45) is 8.29. The van der Waals surface area contributed by atoms with Crippen molar-refractivity contribution in [1.82, 2.24) is 19.6 Å². The highest BCUT2D eigenvalue weighted by molar-refractivity contribution is 5.92. The van der Waals surface area contributed by atoms with E-state index >= 15 is 0 Å². The van der Waals surface area contributed by atoms with Crippen LogP contribution in [0.5, 0.6) is 0 Å². The van der Waals surface area contributed by atoms with Gasteiger partial charge in [-0.1, -0.05) is 54.4 Å². The van der Waals surface area contributed by atoms with Gasteiger partial charge in [-0.25, -0.2) is 4.79 Å². The van der Waals surface area contributed by atoms with Crippen LogP contribution < -0.4 is 5.32 Å². The number of nitrogens with one attached hydrogen (secondary N) is 1. The molecule has 3 saturated heterocycles. The maximum Gasteiger partial charge on any atom is 0.322 e. The molecule has 0 radical (unpaired) electrons. The smallest absolute Gasteiger partial charge is 0.322 e. The summed E-state index contributed by atoms with van der Waals surface area (Å²) in [4.78, 5) is 49.0. The van der Waals surface area contributed by atoms with Gasteiger partial charge in [-0.3, -0.25) is 9.59 Å². The van der Waals surface area contributed by atoms with Crippen molar-refractivity contribution in [3.8, 4) is 0 Å². The van der Waals surface area contributed by atoms with Gasteiger partial charge in [0, 0.05) is 56.9 Å². The van der Waals surface area contributed by atoms with Crippen LogP contribution in [0.3, 0.4) is 0 Å². The molecule has 4 aliphatic heterocycles. The average molecular weight is 586 g/mol. The first-order chi connectivity index (χ1) is 20.9. The van der Waals surface area contributed by atoms with Crippen molar-refractivity contribution in [1.29, 1.82) is 0 Å². The highest BCUT2D eigenvalue weighted by Crippen LogP contribution is 2.29. The molecule has 3 fully saturated rings. The summed E-state index contributed by atoms with van der Waals surface area (Å²) >= 11 is 0. The summed E-state index contributed by atoms with van der Waals surface area (Å²) in [5, 5.41) is 3.02. The van der Waals surface area contributed by atoms with Crippen LogP contribution in [-0.2, 0) is 22.6 Å². The zero-order chi connectivity index (χ0) is 29.8. The molecule has 4 amide bonds. The zero-order valence-electron chi connectivity index (χ0n) is 25.7. The van der Waals surface area contributed by atoms with Gasteiger partial charge in [0.1, 0.15) is 0 Å². The third-order valence-electron chi connectivity index (χ3n) is 10.1. The van der Waals surface area contributed by atoms with E-state index in [-0.39, 0.29) is 36.2 Å². The maximum absolute atomic E-state index is 14.0. The number of likely N-dealkylation sites (tertiary alicyclic amines) is 3. The van der Waals surface area contributed by atoms with Crippen molar-refractivity contribution in [2.24, 2.45) is 5.92 Å². The summed E-state index contributed by atoms with van der Waals surface area (Å²) in [5.74, 6) is -0.172. The van der Waals surface area contributed by atoms with E-state index < -0.39 is 0 Å². The van der Waals surface area contributed by atoms with Gasteiger partial charge >= 0.3 is 6.03 Å². The van der Waals surface area contributed by atoms with Crippen molar-refractivity contribution in [3.63, 3.8) is 0 Å². The molecule has 230 valence electrons. The number of hydrogen-bond acceptors (Lipinski definition) is 4. The molecule has 0 bridgehead atoms. The number of benzene rings is 2. The topological polar surface area (TPSA) is 76.2 Å². The standard InChI is InChI=1S/C35H47N5O3/c1-26-8-7-9-27(22-26)23-29(34(42)39-20-12-30(13-21-39)37-16-5-2-6-17-37)24-33(41)38-18-14-31(15-19-38)40-25-28-10-3-4-11-32(28)36-35(40)43/h3-4,7-11,22,29-31H,2,5-6,12-21,23-25H2,1H3,(H,36,43)/t29-/m1/s1. The molecule has 0 aromatic heterocycles. The Labute approximate surface area is 256 Å². The number of nitrogens with zero attached hydrogens (tertiary/aromatic N) is 4. The predicted molar refractivity (Wildman–Crippen MR) is 169 cm³/mol. The SMILES string of the molecule is Cc1cccc(C[C@H](CC(=O)N2CCC(N3Cc4ccccc4NC3=O)CC2)C(=O)N2CCC(N3CCCCC3)CC2)c1. The maximum atomic E-state index is 14.0. The number of urea groups is 1. The second-order valence-corrected chi connectivity index (χ2v) is 13.1. The first-order valence-corrected chi connectivity index (χ1v) is 16.5. The number of piperidine rings is 3. The average Bonchev–Trinajstić information content (AvgIpc) is 3.04. The van der Waals surface area contributed by atoms with Crippen molar-refractivity contribution in [3.05, 3.63) is 65.2 Å². The second kappa shape index (κ2) is 13.5. The molecule has 8 nitrogen and oxygen atoms in total. The first-order valence-electron chi connectivity index (χ1n) is 16.5. The second-order valence-electron chi connectivity index (χ2n) is 13.1. The minimum atomic E-state index is -0.358. The molecule has 1 N–H and O–H groups in total. The third-order valence-corrected chi connectivity index (χ3v) is 10.1. The van der Waals surface area contributed by atoms with E-state index in [9.17, 15) is 14.4 Å². The number of carbonyl (C=O) groups is 3. The highest BCUT2D eigenvalue weighted by Gasteiger charge is 2.36. The summed E-state index contributed by atoms with van der Waals surface area (Å²) in [6.45, 7) is 7.84. The Balaban J connectivity index is 1.07. The van der Waals surface area contributed by atoms with Crippen LogP contribution in [0.2, 0.25) is 0 Å². The zero-order valence-corrected chi connectivity index (χ0v) is 25.7. The molecule has 2 aromatic rings. The molecule has 1 atom stereocenters. The van der Waals surface area contributed by atoms with E-state index in [0.717, 1.165) is 55.6 Å². The number of carbonyl (C=O) groups excluding carboxylic acids is 3. The largest absolute Gasteiger partial charge is 0.343 e. The molecule has 8 heteroatoms. The van der Waals surface area contributed by atoms with Crippen LogP contribution in [0, 0.1) is 12.8 Å². The molecular formula is C35H47N5O3. The van der Waals surface area contributed by atoms with E-state index in [4.69, 9.17) is 0 Å². The fourth-order valence-corrected chi connectivity index (χ4v) is 7.65. The lowest BCUT2D eigenvalue weighted by atomic mass is 9.91. The molecule has 2 aromatic carbocycles. The molecule has 4 heterocycles. The lowest BCUT2D eigenvalue weighted by Gasteiger charge is -2.41. The predicted octanol–water partition coefficient (Wildman–Crippen LogP) is 5.06. The number of anilines is 1. The van der Waals surface area contributed by atoms with Crippen molar-refractivity contribution >= 4 is 23.5 Å². The molecule has 6 rings (SSSR count). The minimum Gasteiger partial charge on any atom is -0.343 e. The monoisotopic (exact) mass is 585 g/mol. The van der Waals surface area contributed by atoms with Gasteiger partial charge in [0.2, 0.25) is 11.8 Å². The van der Waals surface area contributed by atoms with E-state index in [2.05, 4.69) is 41.4 Å². The normalized spacial score (nSPS) is 21.3. The lowest BCUT2D eigenvalue weighted by Crippen LogP contribution is -2.52. The molecule has 0 spiro atoms. The Kier molecular flexibility index (Phi) is 9.31. The fourth-order valence-electron chi connectivity index (χ4n) is 7.65. The van der Waals surface area contributed by atoms with E-state index in [1.54, 1.807) is 0 Å². The molecule has 4 aliphatic rings. The van der Waals surface area contributed by atoms with Gasteiger partial charge in [-0.15, -0.1) is 0 Å². The number of fused-ring (bicyclic) bond motifs is 1. The minimum absolute atomic E-state index is 0.0566. The number of para-hydroxylation sites is 1. The molecular weight excluding hydrogens is 538 g/mol. The Hall–Kier alpha value is -3.39. The Morgan fingerprint density at radius 3 is 2.28 bits per heavy atom. The fraction of sp³-hybridized carbons (Fsp3) is 0.571. The van der Waals surface area contributed by atoms with Crippen LogP contribution in [0.25, 0.3) is 0 Å². The lowest BCUT2D eigenvalue weighted by molar-refractivity contribution is -0.143. The number of aryl methyl sites for hydroxylation is 1. The van der Waals surface area contributed by atoms with Crippen LogP contribution in [0.15, 0.2) is 48.5 Å². The van der Waals surface area contributed by atoms with Crippen LogP contribution in [0.1, 0.15) is 68.1 Å². The Bertz CT molecular complexity index is 1290. The van der Waals surface area contributed by atoms with E-state index in [1.165, 1.54) is 37.9 Å². The third kappa shape index (κ3) is 7.06. The van der Waals surface area contributed by atoms with Gasteiger partial charge < -0.3 is 24.9 Å². The van der Waals surface area contributed by atoms with Crippen LogP contribution in [-0.4, -0.2) is 88.8 Å². The van der Waals surface area contributed by atoms with Crippen molar-refractivity contribution in [2.45, 2.75) is 83.3 Å².